The van der Waals surface area contributed by atoms with Crippen molar-refractivity contribution in [3.63, 3.8) is 0 Å². The summed E-state index contributed by atoms with van der Waals surface area (Å²) in [7, 11) is 3.15. The van der Waals surface area contributed by atoms with Crippen LogP contribution in [0.1, 0.15) is 12.1 Å². The standard InChI is InChI=1S/C22H21N3O3/c1-27-15-8-9-19(21(12-15)28-2)25-22(26)10-7-14-11-17-16-5-3-4-6-18(16)24-20(17)13-23-14/h3-6,8-9,11-13,24H,7,10H2,1-2H3,(H,25,26). The molecule has 4 rings (SSSR count). The Morgan fingerprint density at radius 3 is 2.71 bits per heavy atom. The number of methoxy groups -OCH3 is 2. The van der Waals surface area contributed by atoms with Gasteiger partial charge in [-0.05, 0) is 30.7 Å². The van der Waals surface area contributed by atoms with Gasteiger partial charge in [-0.2, -0.15) is 0 Å². The molecule has 0 bridgehead atoms. The molecule has 0 saturated heterocycles. The fraction of sp³-hybridized carbons (Fsp3) is 0.182. The second-order valence-electron chi connectivity index (χ2n) is 6.51. The molecule has 142 valence electrons. The number of benzene rings is 2. The normalized spacial score (nSPS) is 10.9. The lowest BCUT2D eigenvalue weighted by molar-refractivity contribution is -0.116. The second kappa shape index (κ2) is 7.60. The van der Waals surface area contributed by atoms with Crippen LogP contribution in [0.5, 0.6) is 11.5 Å². The lowest BCUT2D eigenvalue weighted by atomic mass is 10.1. The Morgan fingerprint density at radius 1 is 1.04 bits per heavy atom. The van der Waals surface area contributed by atoms with E-state index in [1.165, 1.54) is 0 Å². The number of para-hydroxylation sites is 1. The molecule has 6 heteroatoms. The second-order valence-corrected chi connectivity index (χ2v) is 6.51. The van der Waals surface area contributed by atoms with Crippen molar-refractivity contribution >= 4 is 33.4 Å². The maximum atomic E-state index is 12.4. The molecule has 2 heterocycles. The number of pyridine rings is 1. The van der Waals surface area contributed by atoms with Gasteiger partial charge in [0, 0.05) is 34.5 Å². The van der Waals surface area contributed by atoms with Crippen LogP contribution >= 0.6 is 0 Å². The number of H-pyrrole nitrogens is 1. The van der Waals surface area contributed by atoms with Crippen molar-refractivity contribution in [1.29, 1.82) is 0 Å². The zero-order valence-electron chi connectivity index (χ0n) is 15.8. The van der Waals surface area contributed by atoms with E-state index < -0.39 is 0 Å². The van der Waals surface area contributed by atoms with Crippen LogP contribution in [0.3, 0.4) is 0 Å². The number of hydrogen-bond acceptors (Lipinski definition) is 4. The summed E-state index contributed by atoms with van der Waals surface area (Å²) in [6.07, 6.45) is 2.71. The highest BCUT2D eigenvalue weighted by atomic mass is 16.5. The first-order valence-corrected chi connectivity index (χ1v) is 9.05. The van der Waals surface area contributed by atoms with Gasteiger partial charge in [0.2, 0.25) is 5.91 Å². The van der Waals surface area contributed by atoms with E-state index in [2.05, 4.69) is 27.4 Å². The van der Waals surface area contributed by atoms with Crippen LogP contribution in [-0.2, 0) is 11.2 Å². The van der Waals surface area contributed by atoms with E-state index in [1.54, 1.807) is 32.4 Å². The number of aromatic nitrogens is 2. The monoisotopic (exact) mass is 375 g/mol. The van der Waals surface area contributed by atoms with Gasteiger partial charge < -0.3 is 19.8 Å². The Labute approximate surface area is 162 Å². The van der Waals surface area contributed by atoms with Crippen molar-refractivity contribution in [3.05, 3.63) is 60.4 Å². The average Bonchev–Trinajstić information content (AvgIpc) is 3.10. The zero-order chi connectivity index (χ0) is 19.5. The molecule has 6 nitrogen and oxygen atoms in total. The van der Waals surface area contributed by atoms with Gasteiger partial charge in [-0.25, -0.2) is 0 Å². The molecule has 0 aliphatic rings. The van der Waals surface area contributed by atoms with E-state index in [0.717, 1.165) is 27.5 Å². The number of fused-ring (bicyclic) bond motifs is 3. The summed E-state index contributed by atoms with van der Waals surface area (Å²) in [5.41, 5.74) is 3.58. The number of ether oxygens (including phenoxy) is 2. The number of amides is 1. The first-order chi connectivity index (χ1) is 13.7. The number of nitrogens with one attached hydrogen (secondary N) is 2. The van der Waals surface area contributed by atoms with Crippen LogP contribution in [-0.4, -0.2) is 30.1 Å². The van der Waals surface area contributed by atoms with Gasteiger partial charge in [-0.15, -0.1) is 0 Å². The fourth-order valence-electron chi connectivity index (χ4n) is 3.29. The third kappa shape index (κ3) is 3.49. The number of hydrogen-bond donors (Lipinski definition) is 2. The van der Waals surface area contributed by atoms with Crippen molar-refractivity contribution in [1.82, 2.24) is 9.97 Å². The number of rotatable bonds is 6. The average molecular weight is 375 g/mol. The molecule has 0 unspecified atom stereocenters. The predicted molar refractivity (Wildman–Crippen MR) is 110 cm³/mol. The summed E-state index contributed by atoms with van der Waals surface area (Å²) in [5.74, 6) is 1.14. The number of carbonyl (C=O) groups is 1. The Bertz CT molecular complexity index is 1150. The molecule has 2 aromatic carbocycles. The van der Waals surface area contributed by atoms with Crippen molar-refractivity contribution in [2.24, 2.45) is 0 Å². The van der Waals surface area contributed by atoms with E-state index in [9.17, 15) is 4.79 Å². The summed E-state index contributed by atoms with van der Waals surface area (Å²) in [5, 5.41) is 5.18. The highest BCUT2D eigenvalue weighted by Crippen LogP contribution is 2.29. The summed E-state index contributed by atoms with van der Waals surface area (Å²) >= 11 is 0. The molecule has 0 aliphatic heterocycles. The smallest absolute Gasteiger partial charge is 0.224 e. The van der Waals surface area contributed by atoms with E-state index >= 15 is 0 Å². The van der Waals surface area contributed by atoms with Gasteiger partial charge in [-0.1, -0.05) is 18.2 Å². The number of aromatic amines is 1. The van der Waals surface area contributed by atoms with Crippen LogP contribution in [0.15, 0.2) is 54.7 Å². The van der Waals surface area contributed by atoms with Crippen molar-refractivity contribution < 1.29 is 14.3 Å². The molecule has 1 amide bonds. The minimum Gasteiger partial charge on any atom is -0.497 e. The van der Waals surface area contributed by atoms with Gasteiger partial charge in [0.05, 0.1) is 31.6 Å². The lowest BCUT2D eigenvalue weighted by Gasteiger charge is -2.11. The van der Waals surface area contributed by atoms with E-state index in [-0.39, 0.29) is 5.91 Å². The highest BCUT2D eigenvalue weighted by molar-refractivity contribution is 6.07. The number of carbonyl (C=O) groups excluding carboxylic acids is 1. The summed E-state index contributed by atoms with van der Waals surface area (Å²) in [6, 6.07) is 15.5. The van der Waals surface area contributed by atoms with Crippen molar-refractivity contribution in [3.8, 4) is 11.5 Å². The molecule has 0 fully saturated rings. The van der Waals surface area contributed by atoms with Crippen molar-refractivity contribution in [2.75, 3.05) is 19.5 Å². The van der Waals surface area contributed by atoms with Gasteiger partial charge in [0.15, 0.2) is 0 Å². The molecule has 0 aliphatic carbocycles. The number of nitrogens with zero attached hydrogens (tertiary/aromatic N) is 1. The zero-order valence-corrected chi connectivity index (χ0v) is 15.8. The molecule has 4 aromatic rings. The summed E-state index contributed by atoms with van der Waals surface area (Å²) in [4.78, 5) is 20.2. The van der Waals surface area contributed by atoms with Crippen LogP contribution in [0.25, 0.3) is 21.8 Å². The third-order valence-electron chi connectivity index (χ3n) is 4.74. The SMILES string of the molecule is COc1ccc(NC(=O)CCc2cc3c(cn2)[nH]c2ccccc23)c(OC)c1. The maximum Gasteiger partial charge on any atom is 0.224 e. The Morgan fingerprint density at radius 2 is 1.89 bits per heavy atom. The minimum absolute atomic E-state index is 0.0932. The largest absolute Gasteiger partial charge is 0.497 e. The Balaban J connectivity index is 1.47. The molecule has 0 spiro atoms. The van der Waals surface area contributed by atoms with Gasteiger partial charge in [0.1, 0.15) is 11.5 Å². The molecular weight excluding hydrogens is 354 g/mol. The molecule has 2 N–H and O–H groups in total. The van der Waals surface area contributed by atoms with Crippen LogP contribution < -0.4 is 14.8 Å². The third-order valence-corrected chi connectivity index (χ3v) is 4.74. The molecule has 0 atom stereocenters. The van der Waals surface area contributed by atoms with E-state index in [1.807, 2.05) is 24.4 Å². The number of aryl methyl sites for hydroxylation is 1. The first-order valence-electron chi connectivity index (χ1n) is 9.05. The lowest BCUT2D eigenvalue weighted by Crippen LogP contribution is -2.13. The van der Waals surface area contributed by atoms with E-state index in [0.29, 0.717) is 30.0 Å². The molecule has 2 aromatic heterocycles. The number of anilines is 1. The maximum absolute atomic E-state index is 12.4. The Kier molecular flexibility index (Phi) is 4.85. The van der Waals surface area contributed by atoms with Crippen LogP contribution in [0.4, 0.5) is 5.69 Å². The quantitative estimate of drug-likeness (QED) is 0.527. The minimum atomic E-state index is -0.0932. The first kappa shape index (κ1) is 17.9. The fourth-order valence-corrected chi connectivity index (χ4v) is 3.29. The van der Waals surface area contributed by atoms with Gasteiger partial charge in [0.25, 0.3) is 0 Å². The topological polar surface area (TPSA) is 76.2 Å². The van der Waals surface area contributed by atoms with Crippen LogP contribution in [0.2, 0.25) is 0 Å². The summed E-state index contributed by atoms with van der Waals surface area (Å²) in [6.45, 7) is 0. The molecule has 0 saturated carbocycles. The molecular formula is C22H21N3O3. The van der Waals surface area contributed by atoms with Gasteiger partial charge in [-0.3, -0.25) is 9.78 Å². The highest BCUT2D eigenvalue weighted by Gasteiger charge is 2.11. The van der Waals surface area contributed by atoms with Crippen LogP contribution in [0, 0.1) is 0 Å². The Hall–Kier alpha value is -3.54. The van der Waals surface area contributed by atoms with E-state index in [4.69, 9.17) is 9.47 Å². The molecule has 28 heavy (non-hydrogen) atoms. The van der Waals surface area contributed by atoms with Gasteiger partial charge >= 0.3 is 0 Å². The molecule has 0 radical (unpaired) electrons. The van der Waals surface area contributed by atoms with Crippen molar-refractivity contribution in [2.45, 2.75) is 12.8 Å². The predicted octanol–water partition coefficient (Wildman–Crippen LogP) is 4.30. The summed E-state index contributed by atoms with van der Waals surface area (Å²) < 4.78 is 10.5.